The summed E-state index contributed by atoms with van der Waals surface area (Å²) in [6.45, 7) is 2.04. The van der Waals surface area contributed by atoms with Crippen LogP contribution in [0.5, 0.6) is 11.5 Å². The molecule has 0 aliphatic carbocycles. The number of fused-ring (bicyclic) bond motifs is 2. The number of rotatable bonds is 2. The van der Waals surface area contributed by atoms with Crippen LogP contribution in [-0.4, -0.2) is 25.5 Å². The third kappa shape index (κ3) is 2.03. The molecule has 2 aliphatic heterocycles. The fourth-order valence-corrected chi connectivity index (χ4v) is 2.83. The Balaban J connectivity index is 1.75. The van der Waals surface area contributed by atoms with E-state index in [4.69, 9.17) is 9.47 Å². The average molecular weight is 281 g/mol. The number of benzene rings is 2. The van der Waals surface area contributed by atoms with Gasteiger partial charge in [0.2, 0.25) is 0 Å². The Morgan fingerprint density at radius 3 is 3.00 bits per heavy atom. The molecule has 0 aromatic heterocycles. The van der Waals surface area contributed by atoms with Gasteiger partial charge in [-0.1, -0.05) is 6.07 Å². The summed E-state index contributed by atoms with van der Waals surface area (Å²) < 4.78 is 11.2. The molecule has 0 saturated carbocycles. The van der Waals surface area contributed by atoms with Crippen LogP contribution in [0.15, 0.2) is 36.4 Å². The summed E-state index contributed by atoms with van der Waals surface area (Å²) in [6, 6.07) is 11.3. The zero-order valence-corrected chi connectivity index (χ0v) is 11.5. The highest BCUT2D eigenvalue weighted by Gasteiger charge is 2.21. The number of para-hydroxylation sites is 1. The van der Waals surface area contributed by atoms with Gasteiger partial charge in [0.15, 0.2) is 11.5 Å². The predicted octanol–water partition coefficient (Wildman–Crippen LogP) is 2.66. The number of carbonyl (C=O) groups excluding carboxylic acids is 1. The number of ketones is 1. The van der Waals surface area contributed by atoms with Crippen LogP contribution in [0.1, 0.15) is 21.5 Å². The van der Waals surface area contributed by atoms with Crippen molar-refractivity contribution in [2.45, 2.75) is 6.42 Å². The molecular weight excluding hydrogens is 266 g/mol. The van der Waals surface area contributed by atoms with Gasteiger partial charge < -0.3 is 14.8 Å². The second-order valence-electron chi connectivity index (χ2n) is 5.21. The Kier molecular flexibility index (Phi) is 2.81. The molecule has 4 heteroatoms. The van der Waals surface area contributed by atoms with Gasteiger partial charge in [-0.25, -0.2) is 0 Å². The number of nitrogens with one attached hydrogen (secondary N) is 1. The predicted molar refractivity (Wildman–Crippen MR) is 79.5 cm³/mol. The molecule has 106 valence electrons. The van der Waals surface area contributed by atoms with Crippen LogP contribution in [0.3, 0.4) is 0 Å². The largest absolute Gasteiger partial charge is 0.493 e. The fourth-order valence-electron chi connectivity index (χ4n) is 2.83. The molecule has 0 unspecified atom stereocenters. The van der Waals surface area contributed by atoms with E-state index in [9.17, 15) is 4.79 Å². The highest BCUT2D eigenvalue weighted by Crippen LogP contribution is 2.34. The standard InChI is InChI=1S/C17H15NO3/c19-16(12-4-5-15-11(10-12)6-8-20-15)13-2-1-3-14-17(13)21-9-7-18-14/h1-5,10,18H,6-9H2. The lowest BCUT2D eigenvalue weighted by atomic mass is 9.99. The molecule has 0 bridgehead atoms. The monoisotopic (exact) mass is 281 g/mol. The Labute approximate surface area is 122 Å². The molecule has 0 radical (unpaired) electrons. The van der Waals surface area contributed by atoms with E-state index < -0.39 is 0 Å². The Morgan fingerprint density at radius 1 is 1.10 bits per heavy atom. The summed E-state index contributed by atoms with van der Waals surface area (Å²) in [4.78, 5) is 12.8. The minimum absolute atomic E-state index is 0.00903. The molecule has 0 spiro atoms. The zero-order chi connectivity index (χ0) is 14.2. The van der Waals surface area contributed by atoms with E-state index >= 15 is 0 Å². The second kappa shape index (κ2) is 4.81. The summed E-state index contributed by atoms with van der Waals surface area (Å²) in [5.41, 5.74) is 3.28. The van der Waals surface area contributed by atoms with Gasteiger partial charge in [-0.3, -0.25) is 4.79 Å². The van der Waals surface area contributed by atoms with Crippen LogP contribution < -0.4 is 14.8 Å². The van der Waals surface area contributed by atoms with Crippen molar-refractivity contribution in [3.63, 3.8) is 0 Å². The van der Waals surface area contributed by atoms with Gasteiger partial charge in [0.05, 0.1) is 17.9 Å². The van der Waals surface area contributed by atoms with Crippen molar-refractivity contribution in [1.82, 2.24) is 0 Å². The lowest BCUT2D eigenvalue weighted by Crippen LogP contribution is -2.20. The third-order valence-corrected chi connectivity index (χ3v) is 3.88. The molecule has 2 aromatic rings. The quantitative estimate of drug-likeness (QED) is 0.860. The van der Waals surface area contributed by atoms with Crippen molar-refractivity contribution in [3.8, 4) is 11.5 Å². The van der Waals surface area contributed by atoms with E-state index in [-0.39, 0.29) is 5.78 Å². The summed E-state index contributed by atoms with van der Waals surface area (Å²) in [5.74, 6) is 1.54. The van der Waals surface area contributed by atoms with Crippen LogP contribution >= 0.6 is 0 Å². The molecule has 0 saturated heterocycles. The van der Waals surface area contributed by atoms with Crippen molar-refractivity contribution in [2.24, 2.45) is 0 Å². The Hall–Kier alpha value is -2.49. The first-order valence-corrected chi connectivity index (χ1v) is 7.13. The van der Waals surface area contributed by atoms with Crippen LogP contribution in [0.25, 0.3) is 0 Å². The van der Waals surface area contributed by atoms with Crippen LogP contribution in [0.2, 0.25) is 0 Å². The fraction of sp³-hybridized carbons (Fsp3) is 0.235. The van der Waals surface area contributed by atoms with Gasteiger partial charge in [-0.2, -0.15) is 0 Å². The third-order valence-electron chi connectivity index (χ3n) is 3.88. The number of ether oxygens (including phenoxy) is 2. The highest BCUT2D eigenvalue weighted by molar-refractivity contribution is 6.11. The number of hydrogen-bond acceptors (Lipinski definition) is 4. The number of anilines is 1. The smallest absolute Gasteiger partial charge is 0.196 e. The van der Waals surface area contributed by atoms with Gasteiger partial charge in [0.1, 0.15) is 12.4 Å². The van der Waals surface area contributed by atoms with Crippen molar-refractivity contribution in [1.29, 1.82) is 0 Å². The summed E-state index contributed by atoms with van der Waals surface area (Å²) >= 11 is 0. The van der Waals surface area contributed by atoms with Gasteiger partial charge in [0.25, 0.3) is 0 Å². The van der Waals surface area contributed by atoms with Gasteiger partial charge in [0, 0.05) is 18.5 Å². The minimum Gasteiger partial charge on any atom is -0.493 e. The molecule has 4 rings (SSSR count). The number of hydrogen-bond donors (Lipinski definition) is 1. The van der Waals surface area contributed by atoms with E-state index in [2.05, 4.69) is 5.32 Å². The number of carbonyl (C=O) groups is 1. The summed E-state index contributed by atoms with van der Waals surface area (Å²) in [5, 5.41) is 3.25. The van der Waals surface area contributed by atoms with Crippen LogP contribution in [0, 0.1) is 0 Å². The maximum absolute atomic E-state index is 12.8. The Morgan fingerprint density at radius 2 is 2.05 bits per heavy atom. The lowest BCUT2D eigenvalue weighted by molar-refractivity contribution is 0.103. The second-order valence-corrected chi connectivity index (χ2v) is 5.21. The SMILES string of the molecule is O=C(c1ccc2c(c1)CCO2)c1cccc2c1OCCN2. The molecule has 21 heavy (non-hydrogen) atoms. The first kappa shape index (κ1) is 12.3. The van der Waals surface area contributed by atoms with E-state index in [1.54, 1.807) is 0 Å². The summed E-state index contributed by atoms with van der Waals surface area (Å²) in [6.07, 6.45) is 0.863. The van der Waals surface area contributed by atoms with Crippen molar-refractivity contribution in [2.75, 3.05) is 25.1 Å². The van der Waals surface area contributed by atoms with Crippen LogP contribution in [0.4, 0.5) is 5.69 Å². The van der Waals surface area contributed by atoms with Gasteiger partial charge in [-0.05, 0) is 35.9 Å². The topological polar surface area (TPSA) is 47.6 Å². The molecule has 2 aliphatic rings. The van der Waals surface area contributed by atoms with E-state index in [0.29, 0.717) is 30.1 Å². The molecule has 2 aromatic carbocycles. The van der Waals surface area contributed by atoms with E-state index in [1.165, 1.54) is 0 Å². The van der Waals surface area contributed by atoms with Crippen LogP contribution in [-0.2, 0) is 6.42 Å². The molecule has 1 N–H and O–H groups in total. The average Bonchev–Trinajstić information content (AvgIpc) is 3.01. The highest BCUT2D eigenvalue weighted by atomic mass is 16.5. The molecule has 4 nitrogen and oxygen atoms in total. The first-order chi connectivity index (χ1) is 10.3. The van der Waals surface area contributed by atoms with Gasteiger partial charge >= 0.3 is 0 Å². The zero-order valence-electron chi connectivity index (χ0n) is 11.5. The van der Waals surface area contributed by atoms with E-state index in [0.717, 1.165) is 30.0 Å². The normalized spacial score (nSPS) is 15.2. The Bertz CT molecular complexity index is 724. The molecule has 0 amide bonds. The molecule has 2 heterocycles. The van der Waals surface area contributed by atoms with Gasteiger partial charge in [-0.15, -0.1) is 0 Å². The van der Waals surface area contributed by atoms with Crippen molar-refractivity contribution in [3.05, 3.63) is 53.1 Å². The molecule has 0 atom stereocenters. The van der Waals surface area contributed by atoms with Crippen molar-refractivity contribution >= 4 is 11.5 Å². The maximum Gasteiger partial charge on any atom is 0.196 e. The maximum atomic E-state index is 12.8. The molecular formula is C17H15NO3. The van der Waals surface area contributed by atoms with E-state index in [1.807, 2.05) is 36.4 Å². The van der Waals surface area contributed by atoms with Crippen molar-refractivity contribution < 1.29 is 14.3 Å². The lowest BCUT2D eigenvalue weighted by Gasteiger charge is -2.21. The summed E-state index contributed by atoms with van der Waals surface area (Å²) in [7, 11) is 0. The first-order valence-electron chi connectivity index (χ1n) is 7.13. The molecule has 0 fully saturated rings. The minimum atomic E-state index is -0.00903.